The van der Waals surface area contributed by atoms with E-state index in [4.69, 9.17) is 15.9 Å². The molecule has 0 heterocycles. The Kier molecular flexibility index (Phi) is 21.4. The van der Waals surface area contributed by atoms with E-state index in [9.17, 15) is 14.4 Å². The Balaban J connectivity index is 4.06. The van der Waals surface area contributed by atoms with Crippen molar-refractivity contribution in [2.45, 2.75) is 162 Å². The SMILES string of the molecule is C#CCCCCCCCCCCCCCCCCC(=O)NCCC[N+](C)(CC(=O)OC(C)(C)C)CC(=O)OC(C)(C)C. The molecule has 1 N–H and O–H groups in total. The van der Waals surface area contributed by atoms with Crippen molar-refractivity contribution in [3.8, 4) is 12.3 Å². The average molecular weight is 594 g/mol. The average Bonchev–Trinajstić information content (AvgIpc) is 2.83. The van der Waals surface area contributed by atoms with Gasteiger partial charge in [-0.05, 0) is 54.4 Å². The molecule has 0 saturated heterocycles. The van der Waals surface area contributed by atoms with E-state index >= 15 is 0 Å². The summed E-state index contributed by atoms with van der Waals surface area (Å²) in [6.07, 6.45) is 25.0. The summed E-state index contributed by atoms with van der Waals surface area (Å²) in [5.74, 6) is 2.08. The van der Waals surface area contributed by atoms with E-state index in [2.05, 4.69) is 11.2 Å². The molecule has 0 aliphatic carbocycles. The number of carbonyl (C=O) groups excluding carboxylic acids is 3. The highest BCUT2D eigenvalue weighted by atomic mass is 16.6. The molecule has 1 amide bonds. The van der Waals surface area contributed by atoms with Crippen molar-refractivity contribution in [3.63, 3.8) is 0 Å². The van der Waals surface area contributed by atoms with Gasteiger partial charge < -0.3 is 19.3 Å². The van der Waals surface area contributed by atoms with E-state index in [1.807, 2.05) is 48.6 Å². The molecule has 0 saturated carbocycles. The third-order valence-electron chi connectivity index (χ3n) is 7.03. The molecule has 0 bridgehead atoms. The predicted molar refractivity (Wildman–Crippen MR) is 173 cm³/mol. The summed E-state index contributed by atoms with van der Waals surface area (Å²) < 4.78 is 11.2. The number of quaternary nitrogens is 1. The van der Waals surface area contributed by atoms with Crippen molar-refractivity contribution in [2.75, 3.05) is 33.2 Å². The van der Waals surface area contributed by atoms with Gasteiger partial charge in [-0.2, -0.15) is 0 Å². The molecule has 7 heteroatoms. The van der Waals surface area contributed by atoms with Crippen LogP contribution in [-0.2, 0) is 23.9 Å². The van der Waals surface area contributed by atoms with Crippen molar-refractivity contribution in [3.05, 3.63) is 0 Å². The second-order valence-electron chi connectivity index (χ2n) is 14.2. The third-order valence-corrected chi connectivity index (χ3v) is 7.03. The maximum atomic E-state index is 12.5. The monoisotopic (exact) mass is 593 g/mol. The summed E-state index contributed by atoms with van der Waals surface area (Å²) in [5, 5.41) is 3.00. The van der Waals surface area contributed by atoms with E-state index in [-0.39, 0.29) is 35.4 Å². The first kappa shape index (κ1) is 39.9. The van der Waals surface area contributed by atoms with Gasteiger partial charge in [-0.3, -0.25) is 4.79 Å². The zero-order valence-corrected chi connectivity index (χ0v) is 28.4. The lowest BCUT2D eigenvalue weighted by atomic mass is 10.0. The second-order valence-corrected chi connectivity index (χ2v) is 14.2. The quantitative estimate of drug-likeness (QED) is 0.0542. The van der Waals surface area contributed by atoms with Crippen LogP contribution in [0.2, 0.25) is 0 Å². The first-order valence-electron chi connectivity index (χ1n) is 16.6. The lowest BCUT2D eigenvalue weighted by Crippen LogP contribution is -2.53. The fourth-order valence-electron chi connectivity index (χ4n) is 5.00. The summed E-state index contributed by atoms with van der Waals surface area (Å²) in [4.78, 5) is 37.4. The zero-order chi connectivity index (χ0) is 31.9. The molecule has 42 heavy (non-hydrogen) atoms. The lowest BCUT2D eigenvalue weighted by molar-refractivity contribution is -0.895. The third kappa shape index (κ3) is 26.8. The van der Waals surface area contributed by atoms with Crippen LogP contribution in [0.1, 0.15) is 151 Å². The minimum atomic E-state index is -0.593. The van der Waals surface area contributed by atoms with Gasteiger partial charge in [-0.25, -0.2) is 9.59 Å². The topological polar surface area (TPSA) is 81.7 Å². The lowest BCUT2D eigenvalue weighted by Gasteiger charge is -2.34. The normalized spacial score (nSPS) is 12.0. The number of hydrogen-bond donors (Lipinski definition) is 1. The fourth-order valence-corrected chi connectivity index (χ4v) is 5.00. The molecular formula is C35H65N2O5+. The highest BCUT2D eigenvalue weighted by molar-refractivity contribution is 5.75. The van der Waals surface area contributed by atoms with Crippen LogP contribution < -0.4 is 5.32 Å². The predicted octanol–water partition coefficient (Wildman–Crippen LogP) is 7.50. The van der Waals surface area contributed by atoms with Gasteiger partial charge in [-0.15, -0.1) is 12.3 Å². The molecule has 7 nitrogen and oxygen atoms in total. The number of rotatable bonds is 24. The molecule has 0 aliphatic heterocycles. The van der Waals surface area contributed by atoms with E-state index in [1.165, 1.54) is 77.0 Å². The minimum absolute atomic E-state index is 0.0681. The summed E-state index contributed by atoms with van der Waals surface area (Å²) in [7, 11) is 1.86. The molecule has 0 unspecified atom stereocenters. The van der Waals surface area contributed by atoms with Gasteiger partial charge in [0.2, 0.25) is 5.91 Å². The van der Waals surface area contributed by atoms with Crippen LogP contribution >= 0.6 is 0 Å². The van der Waals surface area contributed by atoms with Gasteiger partial charge in [0.1, 0.15) is 11.2 Å². The standard InChI is InChI=1S/C35H64N2O5/c1-9-10-11-12-13-14-15-16-17-18-19-20-21-22-23-24-26-31(38)36-27-25-28-37(8,29-32(39)41-34(2,3)4)30-33(40)42-35(5,6)7/h1H,10-30H2,2-8H3/p+1. The number of unbranched alkanes of at least 4 members (excludes halogenated alkanes) is 14. The molecule has 0 aromatic rings. The van der Waals surface area contributed by atoms with Crippen molar-refractivity contribution in [1.82, 2.24) is 5.32 Å². The van der Waals surface area contributed by atoms with E-state index in [0.29, 0.717) is 25.9 Å². The number of terminal acetylenes is 1. The van der Waals surface area contributed by atoms with Crippen LogP contribution in [0.4, 0.5) is 0 Å². The van der Waals surface area contributed by atoms with Crippen LogP contribution in [0.15, 0.2) is 0 Å². The molecule has 0 atom stereocenters. The van der Waals surface area contributed by atoms with Gasteiger partial charge in [0.15, 0.2) is 13.1 Å². The first-order valence-corrected chi connectivity index (χ1v) is 16.6. The van der Waals surface area contributed by atoms with Crippen LogP contribution in [0, 0.1) is 12.3 Å². The molecule has 244 valence electrons. The Morgan fingerprint density at radius 3 is 1.40 bits per heavy atom. The largest absolute Gasteiger partial charge is 0.456 e. The number of carbonyl (C=O) groups is 3. The summed E-state index contributed by atoms with van der Waals surface area (Å²) in [5.41, 5.74) is -1.19. The maximum Gasteiger partial charge on any atom is 0.362 e. The Hall–Kier alpha value is -2.07. The van der Waals surface area contributed by atoms with Gasteiger partial charge in [-0.1, -0.05) is 77.0 Å². The molecular weight excluding hydrogens is 528 g/mol. The Bertz CT molecular complexity index is 759. The Labute approximate surface area is 258 Å². The molecule has 0 rings (SSSR count). The summed E-state index contributed by atoms with van der Waals surface area (Å²) in [6.45, 7) is 12.2. The Morgan fingerprint density at radius 2 is 1.02 bits per heavy atom. The highest BCUT2D eigenvalue weighted by Gasteiger charge is 2.33. The van der Waals surface area contributed by atoms with Crippen molar-refractivity contribution in [1.29, 1.82) is 0 Å². The van der Waals surface area contributed by atoms with Crippen molar-refractivity contribution >= 4 is 17.8 Å². The number of ether oxygens (including phenoxy) is 2. The van der Waals surface area contributed by atoms with Gasteiger partial charge >= 0.3 is 11.9 Å². The minimum Gasteiger partial charge on any atom is -0.456 e. The van der Waals surface area contributed by atoms with E-state index < -0.39 is 11.2 Å². The van der Waals surface area contributed by atoms with Crippen LogP contribution in [0.3, 0.4) is 0 Å². The first-order chi connectivity index (χ1) is 19.7. The smallest absolute Gasteiger partial charge is 0.362 e. The number of hydrogen-bond acceptors (Lipinski definition) is 5. The number of nitrogens with zero attached hydrogens (tertiary/aromatic N) is 1. The summed E-state index contributed by atoms with van der Waals surface area (Å²) in [6, 6.07) is 0. The zero-order valence-electron chi connectivity index (χ0n) is 28.4. The Morgan fingerprint density at radius 1 is 0.643 bits per heavy atom. The van der Waals surface area contributed by atoms with Crippen LogP contribution in [-0.4, -0.2) is 66.8 Å². The number of nitrogens with one attached hydrogen (secondary N) is 1. The van der Waals surface area contributed by atoms with Crippen LogP contribution in [0.5, 0.6) is 0 Å². The van der Waals surface area contributed by atoms with Gasteiger partial charge in [0, 0.05) is 25.8 Å². The second kappa shape index (κ2) is 22.5. The fraction of sp³-hybridized carbons (Fsp3) is 0.857. The molecule has 0 aliphatic rings. The highest BCUT2D eigenvalue weighted by Crippen LogP contribution is 2.15. The van der Waals surface area contributed by atoms with Gasteiger partial charge in [0.05, 0.1) is 13.6 Å². The molecule has 0 fully saturated rings. The number of esters is 2. The van der Waals surface area contributed by atoms with Gasteiger partial charge in [0.25, 0.3) is 0 Å². The molecule has 0 radical (unpaired) electrons. The number of likely N-dealkylation sites (N-methyl/N-ethyl adjacent to an activating group) is 1. The van der Waals surface area contributed by atoms with Crippen molar-refractivity contribution < 1.29 is 28.3 Å². The molecule has 0 spiro atoms. The maximum absolute atomic E-state index is 12.5. The van der Waals surface area contributed by atoms with Crippen LogP contribution in [0.25, 0.3) is 0 Å². The molecule has 0 aromatic heterocycles. The van der Waals surface area contributed by atoms with E-state index in [1.54, 1.807) is 0 Å². The summed E-state index contributed by atoms with van der Waals surface area (Å²) >= 11 is 0. The van der Waals surface area contributed by atoms with Crippen molar-refractivity contribution in [2.24, 2.45) is 0 Å². The molecule has 0 aromatic carbocycles. The number of amides is 1. The van der Waals surface area contributed by atoms with E-state index in [0.717, 1.165) is 19.3 Å².